The van der Waals surface area contributed by atoms with Crippen molar-refractivity contribution in [3.63, 3.8) is 0 Å². The number of halogens is 2. The molecule has 3 rings (SSSR count). The minimum absolute atomic E-state index is 0.0123. The van der Waals surface area contributed by atoms with Crippen LogP contribution in [0.5, 0.6) is 0 Å². The van der Waals surface area contributed by atoms with Crippen molar-refractivity contribution in [3.8, 4) is 0 Å². The summed E-state index contributed by atoms with van der Waals surface area (Å²) in [7, 11) is 0. The van der Waals surface area contributed by atoms with Crippen molar-refractivity contribution in [3.05, 3.63) is 87.7 Å². The van der Waals surface area contributed by atoms with E-state index in [9.17, 15) is 28.3 Å². The highest BCUT2D eigenvalue weighted by Gasteiger charge is 2.17. The van der Waals surface area contributed by atoms with Crippen LogP contribution in [-0.4, -0.2) is 28.0 Å². The van der Waals surface area contributed by atoms with E-state index < -0.39 is 34.6 Å². The van der Waals surface area contributed by atoms with E-state index in [1.54, 1.807) is 18.2 Å². The topological polar surface area (TPSA) is 85.6 Å². The maximum atomic E-state index is 13.6. The van der Waals surface area contributed by atoms with Crippen molar-refractivity contribution in [2.24, 2.45) is 0 Å². The lowest BCUT2D eigenvalue weighted by atomic mass is 10.1. The maximum Gasteiger partial charge on any atom is 0.379 e. The highest BCUT2D eigenvalue weighted by Crippen LogP contribution is 2.18. The van der Waals surface area contributed by atoms with Gasteiger partial charge in [-0.1, -0.05) is 12.1 Å². The largest absolute Gasteiger partial charge is 0.507 e. The van der Waals surface area contributed by atoms with Crippen molar-refractivity contribution >= 4 is 28.4 Å². The summed E-state index contributed by atoms with van der Waals surface area (Å²) in [5, 5.41) is 10.5. The molecule has 1 N–H and O–H groups in total. The molecule has 0 aliphatic carbocycles. The molecule has 0 amide bonds. The zero-order chi connectivity index (χ0) is 21.8. The molecule has 0 radical (unpaired) electrons. The summed E-state index contributed by atoms with van der Waals surface area (Å²) >= 11 is 0. The molecular formula is C22H17F2NO5. The molecular weight excluding hydrogens is 396 g/mol. The standard InChI is InChI=1S/C22H17F2NO5/c1-2-30-22(29)20(27)10-19(26)17-12-25(11-13-7-14(23)9-15(24)8-13)18-6-4-3-5-16(18)21(17)28/h3-10,12,26H,2,11H2,1H3/b19-10-. The highest BCUT2D eigenvalue weighted by molar-refractivity contribution is 6.39. The number of nitrogens with zero attached hydrogens (tertiary/aromatic N) is 1. The molecule has 3 aromatic rings. The quantitative estimate of drug-likeness (QED) is 0.290. The van der Waals surface area contributed by atoms with Crippen LogP contribution in [0, 0.1) is 11.6 Å². The molecule has 0 aliphatic rings. The number of ether oxygens (including phenoxy) is 1. The van der Waals surface area contributed by atoms with Gasteiger partial charge in [0.05, 0.1) is 17.7 Å². The van der Waals surface area contributed by atoms with Crippen LogP contribution in [0.15, 0.2) is 59.5 Å². The number of aliphatic hydroxyl groups excluding tert-OH is 1. The minimum atomic E-state index is -1.17. The number of esters is 1. The molecule has 0 unspecified atom stereocenters. The van der Waals surface area contributed by atoms with Crippen LogP contribution in [0.3, 0.4) is 0 Å². The first-order valence-corrected chi connectivity index (χ1v) is 8.99. The molecule has 0 spiro atoms. The number of hydrogen-bond donors (Lipinski definition) is 1. The first-order valence-electron chi connectivity index (χ1n) is 8.99. The molecule has 0 aliphatic heterocycles. The molecule has 30 heavy (non-hydrogen) atoms. The fraction of sp³-hybridized carbons (Fsp3) is 0.136. The van der Waals surface area contributed by atoms with Crippen molar-refractivity contribution in [1.82, 2.24) is 4.57 Å². The van der Waals surface area contributed by atoms with Gasteiger partial charge in [-0.05, 0) is 36.8 Å². The SMILES string of the molecule is CCOC(=O)C(=O)/C=C(\O)c1cn(Cc2cc(F)cc(F)c2)c2ccccc2c1=O. The Kier molecular flexibility index (Phi) is 6.06. The summed E-state index contributed by atoms with van der Waals surface area (Å²) < 4.78 is 33.2. The van der Waals surface area contributed by atoms with E-state index in [-0.39, 0.29) is 24.1 Å². The number of fused-ring (bicyclic) bond motifs is 1. The number of rotatable bonds is 6. The van der Waals surface area contributed by atoms with Gasteiger partial charge in [-0.25, -0.2) is 13.6 Å². The Morgan fingerprint density at radius 3 is 2.47 bits per heavy atom. The average molecular weight is 413 g/mol. The monoisotopic (exact) mass is 413 g/mol. The molecule has 0 atom stereocenters. The van der Waals surface area contributed by atoms with Crippen LogP contribution in [-0.2, 0) is 20.9 Å². The Morgan fingerprint density at radius 1 is 1.13 bits per heavy atom. The number of benzene rings is 2. The van der Waals surface area contributed by atoms with Gasteiger partial charge >= 0.3 is 5.97 Å². The Bertz CT molecular complexity index is 1210. The van der Waals surface area contributed by atoms with Gasteiger partial charge in [0.15, 0.2) is 5.43 Å². The molecule has 0 fully saturated rings. The lowest BCUT2D eigenvalue weighted by Gasteiger charge is -2.14. The van der Waals surface area contributed by atoms with E-state index in [1.807, 2.05) is 0 Å². The fourth-order valence-electron chi connectivity index (χ4n) is 3.02. The highest BCUT2D eigenvalue weighted by atomic mass is 19.1. The van der Waals surface area contributed by atoms with E-state index in [0.29, 0.717) is 17.2 Å². The van der Waals surface area contributed by atoms with Crippen LogP contribution in [0.4, 0.5) is 8.78 Å². The van der Waals surface area contributed by atoms with Gasteiger partial charge in [0.1, 0.15) is 17.4 Å². The molecule has 1 heterocycles. The van der Waals surface area contributed by atoms with Gasteiger partial charge < -0.3 is 14.4 Å². The molecule has 0 saturated carbocycles. The Balaban J connectivity index is 2.12. The zero-order valence-electron chi connectivity index (χ0n) is 15.9. The van der Waals surface area contributed by atoms with E-state index in [0.717, 1.165) is 18.2 Å². The predicted molar refractivity (Wildman–Crippen MR) is 106 cm³/mol. The molecule has 8 heteroatoms. The van der Waals surface area contributed by atoms with Gasteiger partial charge in [0.25, 0.3) is 5.78 Å². The van der Waals surface area contributed by atoms with Gasteiger partial charge in [-0.2, -0.15) is 0 Å². The average Bonchev–Trinajstić information content (AvgIpc) is 2.69. The second-order valence-corrected chi connectivity index (χ2v) is 6.41. The Morgan fingerprint density at radius 2 is 1.80 bits per heavy atom. The second-order valence-electron chi connectivity index (χ2n) is 6.41. The Hall–Kier alpha value is -3.81. The van der Waals surface area contributed by atoms with Crippen molar-refractivity contribution < 1.29 is 28.2 Å². The van der Waals surface area contributed by atoms with Crippen LogP contribution in [0.1, 0.15) is 18.1 Å². The van der Waals surface area contributed by atoms with E-state index in [1.165, 1.54) is 23.8 Å². The number of ketones is 1. The zero-order valence-corrected chi connectivity index (χ0v) is 15.9. The molecule has 2 aromatic carbocycles. The number of carbonyl (C=O) groups excluding carboxylic acids is 2. The van der Waals surface area contributed by atoms with E-state index in [2.05, 4.69) is 4.74 Å². The smallest absolute Gasteiger partial charge is 0.379 e. The predicted octanol–water partition coefficient (Wildman–Crippen LogP) is 3.36. The molecule has 1 aromatic heterocycles. The normalized spacial score (nSPS) is 11.5. The summed E-state index contributed by atoms with van der Waals surface area (Å²) in [6.45, 7) is 1.49. The maximum absolute atomic E-state index is 13.6. The first-order chi connectivity index (χ1) is 14.3. The lowest BCUT2D eigenvalue weighted by Crippen LogP contribution is -2.18. The lowest BCUT2D eigenvalue weighted by molar-refractivity contribution is -0.151. The van der Waals surface area contributed by atoms with Crippen molar-refractivity contribution in [1.29, 1.82) is 0 Å². The Labute approximate surface area is 169 Å². The number of carbonyl (C=O) groups is 2. The van der Waals surface area contributed by atoms with E-state index in [4.69, 9.17) is 0 Å². The summed E-state index contributed by atoms with van der Waals surface area (Å²) in [5.74, 6) is -4.51. The number of hydrogen-bond acceptors (Lipinski definition) is 5. The fourth-order valence-corrected chi connectivity index (χ4v) is 3.02. The molecule has 154 valence electrons. The summed E-state index contributed by atoms with van der Waals surface area (Å²) in [4.78, 5) is 36.1. The van der Waals surface area contributed by atoms with Gasteiger partial charge in [0.2, 0.25) is 0 Å². The van der Waals surface area contributed by atoms with Crippen LogP contribution < -0.4 is 5.43 Å². The third kappa shape index (κ3) is 4.43. The second kappa shape index (κ2) is 8.69. The molecule has 0 saturated heterocycles. The molecule has 0 bridgehead atoms. The van der Waals surface area contributed by atoms with Crippen LogP contribution >= 0.6 is 0 Å². The number of pyridine rings is 1. The van der Waals surface area contributed by atoms with Gasteiger partial charge in [0, 0.05) is 30.3 Å². The van der Waals surface area contributed by atoms with Crippen molar-refractivity contribution in [2.75, 3.05) is 6.61 Å². The van der Waals surface area contributed by atoms with Crippen LogP contribution in [0.25, 0.3) is 16.7 Å². The minimum Gasteiger partial charge on any atom is -0.507 e. The van der Waals surface area contributed by atoms with Crippen molar-refractivity contribution in [2.45, 2.75) is 13.5 Å². The molecule has 6 nitrogen and oxygen atoms in total. The number of para-hydroxylation sites is 1. The van der Waals surface area contributed by atoms with Gasteiger partial charge in [-0.15, -0.1) is 0 Å². The van der Waals surface area contributed by atoms with Gasteiger partial charge in [-0.3, -0.25) is 9.59 Å². The van der Waals surface area contributed by atoms with Crippen LogP contribution in [0.2, 0.25) is 0 Å². The number of aliphatic hydroxyl groups is 1. The summed E-state index contributed by atoms with van der Waals surface area (Å²) in [6.07, 6.45) is 1.87. The first kappa shape index (κ1) is 20.9. The third-order valence-electron chi connectivity index (χ3n) is 4.28. The summed E-state index contributed by atoms with van der Waals surface area (Å²) in [6, 6.07) is 9.50. The third-order valence-corrected chi connectivity index (χ3v) is 4.28. The number of aromatic nitrogens is 1. The van der Waals surface area contributed by atoms with E-state index >= 15 is 0 Å². The summed E-state index contributed by atoms with van der Waals surface area (Å²) in [5.41, 5.74) is -0.0698.